The van der Waals surface area contributed by atoms with Crippen LogP contribution in [0.15, 0.2) is 62.9 Å². The van der Waals surface area contributed by atoms with Crippen molar-refractivity contribution < 1.29 is 14.3 Å². The summed E-state index contributed by atoms with van der Waals surface area (Å²) in [5.41, 5.74) is -0.000472. The van der Waals surface area contributed by atoms with Gasteiger partial charge in [0.15, 0.2) is 0 Å². The Kier molecular flexibility index (Phi) is 6.66. The van der Waals surface area contributed by atoms with E-state index >= 15 is 0 Å². The number of aromatic amines is 1. The van der Waals surface area contributed by atoms with Crippen LogP contribution in [-0.4, -0.2) is 47.1 Å². The van der Waals surface area contributed by atoms with Gasteiger partial charge in [0.1, 0.15) is 17.1 Å². The van der Waals surface area contributed by atoms with Crippen molar-refractivity contribution in [2.45, 2.75) is 26.4 Å². The zero-order chi connectivity index (χ0) is 21.6. The number of hydrogen-bond donors (Lipinski definition) is 2. The maximum Gasteiger partial charge on any atom is 0.423 e. The largest absolute Gasteiger partial charge is 0.443 e. The van der Waals surface area contributed by atoms with E-state index in [-0.39, 0.29) is 17.1 Å². The second kappa shape index (κ2) is 8.96. The SMILES string of the molecule is C=NC(=C\NC)/C=C1N=C(/C=C/c2ccc(=O)[nH]c2)N(C(=O)OC(C)(C)C)C\1=O. The summed E-state index contributed by atoms with van der Waals surface area (Å²) < 4.78 is 5.33. The van der Waals surface area contributed by atoms with Crippen molar-refractivity contribution in [3.05, 3.63) is 64.0 Å². The minimum atomic E-state index is -0.846. The molecule has 0 unspecified atom stereocenters. The number of amidine groups is 1. The van der Waals surface area contributed by atoms with E-state index < -0.39 is 17.6 Å². The highest BCUT2D eigenvalue weighted by atomic mass is 16.6. The molecule has 1 aromatic heterocycles. The third-order valence-corrected chi connectivity index (χ3v) is 3.45. The molecule has 1 aliphatic rings. The van der Waals surface area contributed by atoms with Crippen LogP contribution >= 0.6 is 0 Å². The lowest BCUT2D eigenvalue weighted by atomic mass is 10.2. The van der Waals surface area contributed by atoms with E-state index in [1.807, 2.05) is 0 Å². The van der Waals surface area contributed by atoms with Crippen molar-refractivity contribution in [3.63, 3.8) is 0 Å². The van der Waals surface area contributed by atoms with Crippen molar-refractivity contribution in [1.82, 2.24) is 15.2 Å². The van der Waals surface area contributed by atoms with Gasteiger partial charge in [-0.15, -0.1) is 0 Å². The third kappa shape index (κ3) is 5.86. The van der Waals surface area contributed by atoms with Gasteiger partial charge >= 0.3 is 6.09 Å². The molecule has 2 rings (SSSR count). The number of rotatable bonds is 5. The van der Waals surface area contributed by atoms with E-state index in [1.54, 1.807) is 40.0 Å². The van der Waals surface area contributed by atoms with Gasteiger partial charge in [0.25, 0.3) is 5.91 Å². The Morgan fingerprint density at radius 2 is 2.03 bits per heavy atom. The first-order chi connectivity index (χ1) is 13.6. The number of allylic oxidation sites excluding steroid dienone is 1. The molecule has 152 valence electrons. The number of carbonyl (C=O) groups is 2. The Hall–Kier alpha value is -3.75. The molecule has 0 saturated carbocycles. The van der Waals surface area contributed by atoms with Crippen LogP contribution in [-0.2, 0) is 9.53 Å². The van der Waals surface area contributed by atoms with Crippen LogP contribution in [0.2, 0.25) is 0 Å². The molecule has 0 spiro atoms. The van der Waals surface area contributed by atoms with Gasteiger partial charge in [0.05, 0.1) is 5.70 Å². The third-order valence-electron chi connectivity index (χ3n) is 3.45. The molecule has 2 heterocycles. The first kappa shape index (κ1) is 21.5. The van der Waals surface area contributed by atoms with Crippen LogP contribution in [0.25, 0.3) is 6.08 Å². The Bertz CT molecular complexity index is 972. The van der Waals surface area contributed by atoms with E-state index in [9.17, 15) is 14.4 Å². The Labute approximate surface area is 168 Å². The molecule has 9 nitrogen and oxygen atoms in total. The number of H-pyrrole nitrogens is 1. The van der Waals surface area contributed by atoms with Crippen molar-refractivity contribution in [2.75, 3.05) is 7.05 Å². The summed E-state index contributed by atoms with van der Waals surface area (Å²) in [5, 5.41) is 2.79. The molecule has 0 aromatic carbocycles. The monoisotopic (exact) mass is 397 g/mol. The van der Waals surface area contributed by atoms with Gasteiger partial charge in [-0.1, -0.05) is 0 Å². The van der Waals surface area contributed by atoms with Crippen molar-refractivity contribution in [2.24, 2.45) is 9.98 Å². The number of amides is 2. The molecule has 1 aliphatic heterocycles. The van der Waals surface area contributed by atoms with Crippen LogP contribution in [0.3, 0.4) is 0 Å². The van der Waals surface area contributed by atoms with Gasteiger partial charge in [-0.05, 0) is 57.3 Å². The van der Waals surface area contributed by atoms with Crippen LogP contribution in [0.1, 0.15) is 26.3 Å². The first-order valence-electron chi connectivity index (χ1n) is 8.73. The highest BCUT2D eigenvalue weighted by Crippen LogP contribution is 2.21. The maximum absolute atomic E-state index is 12.8. The lowest BCUT2D eigenvalue weighted by molar-refractivity contribution is -0.122. The van der Waals surface area contributed by atoms with Crippen LogP contribution in [0.5, 0.6) is 0 Å². The van der Waals surface area contributed by atoms with E-state index in [0.29, 0.717) is 11.3 Å². The number of nitrogens with zero attached hydrogens (tertiary/aromatic N) is 3. The summed E-state index contributed by atoms with van der Waals surface area (Å²) in [6.45, 7) is 8.54. The molecule has 0 saturated heterocycles. The first-order valence-corrected chi connectivity index (χ1v) is 8.73. The molecule has 2 amide bonds. The van der Waals surface area contributed by atoms with E-state index in [1.165, 1.54) is 30.6 Å². The summed E-state index contributed by atoms with van der Waals surface area (Å²) in [7, 11) is 1.68. The smallest absolute Gasteiger partial charge is 0.423 e. The quantitative estimate of drug-likeness (QED) is 0.584. The number of ether oxygens (including phenoxy) is 1. The normalized spacial score (nSPS) is 16.3. The summed E-state index contributed by atoms with van der Waals surface area (Å²) in [6.07, 6.45) is 6.69. The van der Waals surface area contributed by atoms with Crippen molar-refractivity contribution >= 4 is 30.6 Å². The van der Waals surface area contributed by atoms with Crippen LogP contribution < -0.4 is 10.9 Å². The van der Waals surface area contributed by atoms with Gasteiger partial charge in [-0.2, -0.15) is 4.90 Å². The topological polar surface area (TPSA) is 116 Å². The predicted molar refractivity (Wildman–Crippen MR) is 111 cm³/mol. The highest BCUT2D eigenvalue weighted by molar-refractivity contribution is 6.24. The molecule has 0 fully saturated rings. The number of pyridine rings is 1. The zero-order valence-electron chi connectivity index (χ0n) is 16.7. The molecule has 0 aliphatic carbocycles. The second-order valence-electron chi connectivity index (χ2n) is 6.96. The Morgan fingerprint density at radius 1 is 1.31 bits per heavy atom. The highest BCUT2D eigenvalue weighted by Gasteiger charge is 2.37. The second-order valence-corrected chi connectivity index (χ2v) is 6.96. The number of imide groups is 1. The van der Waals surface area contributed by atoms with Gasteiger partial charge in [-0.3, -0.25) is 14.6 Å². The van der Waals surface area contributed by atoms with Gasteiger partial charge in [0, 0.05) is 25.5 Å². The fourth-order valence-corrected chi connectivity index (χ4v) is 2.25. The lowest BCUT2D eigenvalue weighted by Gasteiger charge is -2.23. The van der Waals surface area contributed by atoms with E-state index in [4.69, 9.17) is 4.74 Å². The van der Waals surface area contributed by atoms with Crippen molar-refractivity contribution in [1.29, 1.82) is 0 Å². The molecule has 1 aromatic rings. The number of aromatic nitrogens is 1. The Morgan fingerprint density at radius 3 is 2.59 bits per heavy atom. The zero-order valence-corrected chi connectivity index (χ0v) is 16.7. The number of nitrogens with one attached hydrogen (secondary N) is 2. The standard InChI is InChI=1S/C20H23N5O4/c1-20(2,3)29-19(28)25-16(8-6-13-7-9-17(26)23-11-13)24-15(18(25)27)10-14(22-5)12-21-4/h6-12,21H,5H2,1-4H3,(H,23,26)/b8-6+,14-12-,15-10-. The lowest BCUT2D eigenvalue weighted by Crippen LogP contribution is -2.41. The molecule has 29 heavy (non-hydrogen) atoms. The predicted octanol–water partition coefficient (Wildman–Crippen LogP) is 2.21. The fourth-order valence-electron chi connectivity index (χ4n) is 2.25. The summed E-state index contributed by atoms with van der Waals surface area (Å²) >= 11 is 0. The minimum absolute atomic E-state index is 0.00544. The van der Waals surface area contributed by atoms with Gasteiger partial charge in [0.2, 0.25) is 5.56 Å². The summed E-state index contributed by atoms with van der Waals surface area (Å²) in [6, 6.07) is 2.96. The maximum atomic E-state index is 12.8. The van der Waals surface area contributed by atoms with Gasteiger partial charge in [-0.25, -0.2) is 9.79 Å². The molecule has 0 radical (unpaired) electrons. The van der Waals surface area contributed by atoms with E-state index in [0.717, 1.165) is 4.90 Å². The molecule has 0 bridgehead atoms. The minimum Gasteiger partial charge on any atom is -0.443 e. The molecule has 2 N–H and O–H groups in total. The fraction of sp³-hybridized carbons (Fsp3) is 0.250. The van der Waals surface area contributed by atoms with Crippen molar-refractivity contribution in [3.8, 4) is 0 Å². The van der Waals surface area contributed by atoms with Crippen LogP contribution in [0.4, 0.5) is 4.79 Å². The van der Waals surface area contributed by atoms with Crippen LogP contribution in [0, 0.1) is 0 Å². The van der Waals surface area contributed by atoms with Gasteiger partial charge < -0.3 is 15.0 Å². The summed E-state index contributed by atoms with van der Waals surface area (Å²) in [4.78, 5) is 48.0. The Balaban J connectivity index is 2.44. The number of hydrogen-bond acceptors (Lipinski definition) is 7. The van der Waals surface area contributed by atoms with E-state index in [2.05, 4.69) is 27.0 Å². The molecular formula is C20H23N5O4. The number of aliphatic imine (C=N–C) groups is 2. The average molecular weight is 397 g/mol. The number of carbonyl (C=O) groups excluding carboxylic acids is 2. The molecule has 9 heteroatoms. The summed E-state index contributed by atoms with van der Waals surface area (Å²) in [5.74, 6) is -0.569. The molecule has 0 atom stereocenters. The average Bonchev–Trinajstić information content (AvgIpc) is 2.95. The molecular weight excluding hydrogens is 374 g/mol.